The van der Waals surface area contributed by atoms with Crippen molar-refractivity contribution in [2.24, 2.45) is 0 Å². The van der Waals surface area contributed by atoms with E-state index in [0.29, 0.717) is 42.4 Å². The van der Waals surface area contributed by atoms with Gasteiger partial charge in [0.15, 0.2) is 0 Å². The second kappa shape index (κ2) is 8.16. The van der Waals surface area contributed by atoms with Crippen molar-refractivity contribution in [1.82, 2.24) is 9.88 Å². The van der Waals surface area contributed by atoms with Gasteiger partial charge in [0, 0.05) is 29.7 Å². The molecule has 6 nitrogen and oxygen atoms in total. The number of thiophene rings is 1. The molecule has 1 aliphatic heterocycles. The Kier molecular flexibility index (Phi) is 5.58. The van der Waals surface area contributed by atoms with Gasteiger partial charge >= 0.3 is 0 Å². The summed E-state index contributed by atoms with van der Waals surface area (Å²) < 4.78 is 5.38. The second-order valence-electron chi connectivity index (χ2n) is 7.74. The fourth-order valence-corrected chi connectivity index (χ4v) is 5.00. The minimum atomic E-state index is -0.216. The van der Waals surface area contributed by atoms with E-state index in [2.05, 4.69) is 10.3 Å². The van der Waals surface area contributed by atoms with Gasteiger partial charge in [-0.25, -0.2) is 4.98 Å². The minimum absolute atomic E-state index is 0.0883. The van der Waals surface area contributed by atoms with Crippen molar-refractivity contribution in [1.29, 1.82) is 0 Å². The number of aromatic nitrogens is 1. The van der Waals surface area contributed by atoms with E-state index in [4.69, 9.17) is 4.74 Å². The van der Waals surface area contributed by atoms with Gasteiger partial charge in [-0.15, -0.1) is 11.3 Å². The van der Waals surface area contributed by atoms with Crippen LogP contribution in [0, 0.1) is 27.7 Å². The molecule has 7 heteroatoms. The van der Waals surface area contributed by atoms with E-state index in [1.807, 2.05) is 52.0 Å². The smallest absolute Gasteiger partial charge is 0.266 e. The molecule has 3 aromatic rings. The van der Waals surface area contributed by atoms with Crippen molar-refractivity contribution in [2.45, 2.75) is 27.7 Å². The summed E-state index contributed by atoms with van der Waals surface area (Å²) in [5.74, 6) is -0.304. The van der Waals surface area contributed by atoms with E-state index in [1.165, 1.54) is 11.3 Å². The van der Waals surface area contributed by atoms with Crippen LogP contribution >= 0.6 is 11.3 Å². The Morgan fingerprint density at radius 3 is 2.53 bits per heavy atom. The number of carbonyl (C=O) groups is 2. The predicted molar refractivity (Wildman–Crippen MR) is 120 cm³/mol. The number of carbonyl (C=O) groups excluding carboxylic acids is 2. The molecule has 30 heavy (non-hydrogen) atoms. The van der Waals surface area contributed by atoms with Crippen LogP contribution in [0.3, 0.4) is 0 Å². The number of hydrogen-bond donors (Lipinski definition) is 1. The number of ether oxygens (including phenoxy) is 1. The number of nitrogens with zero attached hydrogens (tertiary/aromatic N) is 2. The molecule has 0 spiro atoms. The number of rotatable bonds is 3. The molecule has 0 aliphatic carbocycles. The van der Waals surface area contributed by atoms with E-state index in [0.717, 1.165) is 32.6 Å². The van der Waals surface area contributed by atoms with Gasteiger partial charge in [0.25, 0.3) is 11.8 Å². The molecule has 2 aromatic heterocycles. The normalized spacial score (nSPS) is 14.2. The largest absolute Gasteiger partial charge is 0.378 e. The zero-order chi connectivity index (χ0) is 21.4. The third-order valence-electron chi connectivity index (χ3n) is 5.36. The fourth-order valence-electron chi connectivity index (χ4n) is 3.78. The number of morpholine rings is 1. The van der Waals surface area contributed by atoms with Crippen molar-refractivity contribution in [3.63, 3.8) is 0 Å². The standard InChI is InChI=1S/C23H25N3O3S/c1-13-5-6-14(2)17(11-13)21(27)25-19-18-15(3)12-16(4)24-22(18)30-20(19)23(28)26-7-9-29-10-8-26/h5-6,11-12H,7-10H2,1-4H3,(H,25,27). The van der Waals surface area contributed by atoms with Crippen LogP contribution < -0.4 is 5.32 Å². The number of hydrogen-bond acceptors (Lipinski definition) is 5. The Morgan fingerprint density at radius 2 is 1.80 bits per heavy atom. The second-order valence-corrected chi connectivity index (χ2v) is 8.74. The summed E-state index contributed by atoms with van der Waals surface area (Å²) >= 11 is 1.34. The molecule has 156 valence electrons. The van der Waals surface area contributed by atoms with Crippen molar-refractivity contribution < 1.29 is 14.3 Å². The quantitative estimate of drug-likeness (QED) is 0.683. The summed E-state index contributed by atoms with van der Waals surface area (Å²) in [5.41, 5.74) is 4.95. The van der Waals surface area contributed by atoms with E-state index in [9.17, 15) is 9.59 Å². The lowest BCUT2D eigenvalue weighted by Crippen LogP contribution is -2.40. The number of pyridine rings is 1. The molecule has 3 heterocycles. The number of benzene rings is 1. The maximum Gasteiger partial charge on any atom is 0.266 e. The van der Waals surface area contributed by atoms with Gasteiger partial charge in [-0.2, -0.15) is 0 Å². The highest BCUT2D eigenvalue weighted by atomic mass is 32.1. The first-order valence-electron chi connectivity index (χ1n) is 10.0. The zero-order valence-electron chi connectivity index (χ0n) is 17.7. The third kappa shape index (κ3) is 3.82. The SMILES string of the molecule is Cc1ccc(C)c(C(=O)Nc2c(C(=O)N3CCOCC3)sc3nc(C)cc(C)c23)c1. The Bertz CT molecular complexity index is 1150. The third-order valence-corrected chi connectivity index (χ3v) is 6.43. The van der Waals surface area contributed by atoms with Gasteiger partial charge in [-0.3, -0.25) is 9.59 Å². The van der Waals surface area contributed by atoms with Crippen LogP contribution in [0.1, 0.15) is 42.4 Å². The van der Waals surface area contributed by atoms with Crippen molar-refractivity contribution in [3.8, 4) is 0 Å². The van der Waals surface area contributed by atoms with Crippen LogP contribution in [-0.4, -0.2) is 48.0 Å². The summed E-state index contributed by atoms with van der Waals surface area (Å²) in [5, 5.41) is 3.89. The Morgan fingerprint density at radius 1 is 1.07 bits per heavy atom. The number of anilines is 1. The van der Waals surface area contributed by atoms with Crippen molar-refractivity contribution in [2.75, 3.05) is 31.6 Å². The van der Waals surface area contributed by atoms with Gasteiger partial charge in [0.2, 0.25) is 0 Å². The van der Waals surface area contributed by atoms with Crippen molar-refractivity contribution >= 4 is 39.1 Å². The maximum absolute atomic E-state index is 13.3. The first-order chi connectivity index (χ1) is 14.3. The molecule has 0 saturated carbocycles. The van der Waals surface area contributed by atoms with Crippen LogP contribution in [0.4, 0.5) is 5.69 Å². The molecule has 2 amide bonds. The lowest BCUT2D eigenvalue weighted by Gasteiger charge is -2.26. The summed E-state index contributed by atoms with van der Waals surface area (Å²) in [6.45, 7) is 9.93. The molecular formula is C23H25N3O3S. The lowest BCUT2D eigenvalue weighted by molar-refractivity contribution is 0.0307. The minimum Gasteiger partial charge on any atom is -0.378 e. The van der Waals surface area contributed by atoms with E-state index >= 15 is 0 Å². The molecule has 0 bridgehead atoms. The molecule has 4 rings (SSSR count). The molecule has 0 radical (unpaired) electrons. The highest BCUT2D eigenvalue weighted by molar-refractivity contribution is 7.21. The monoisotopic (exact) mass is 423 g/mol. The summed E-state index contributed by atoms with van der Waals surface area (Å²) in [7, 11) is 0. The summed E-state index contributed by atoms with van der Waals surface area (Å²) in [6, 6.07) is 7.77. The van der Waals surface area contributed by atoms with E-state index in [1.54, 1.807) is 4.90 Å². The predicted octanol–water partition coefficient (Wildman–Crippen LogP) is 4.25. The van der Waals surface area contributed by atoms with Crippen LogP contribution in [0.25, 0.3) is 10.2 Å². The molecule has 0 unspecified atom stereocenters. The molecule has 1 saturated heterocycles. The molecule has 1 aliphatic rings. The van der Waals surface area contributed by atoms with E-state index in [-0.39, 0.29) is 11.8 Å². The molecule has 1 fully saturated rings. The van der Waals surface area contributed by atoms with Gasteiger partial charge in [-0.1, -0.05) is 17.7 Å². The average Bonchev–Trinajstić information content (AvgIpc) is 3.08. The Labute approximate surface area is 179 Å². The summed E-state index contributed by atoms with van der Waals surface area (Å²) in [4.78, 5) is 34.2. The van der Waals surface area contributed by atoms with Crippen LogP contribution in [-0.2, 0) is 4.74 Å². The number of nitrogens with one attached hydrogen (secondary N) is 1. The van der Waals surface area contributed by atoms with Crippen molar-refractivity contribution in [3.05, 3.63) is 57.1 Å². The molecule has 0 atom stereocenters. The zero-order valence-corrected chi connectivity index (χ0v) is 18.5. The number of fused-ring (bicyclic) bond motifs is 1. The van der Waals surface area contributed by atoms with Crippen LogP contribution in [0.5, 0.6) is 0 Å². The molecular weight excluding hydrogens is 398 g/mol. The Balaban J connectivity index is 1.81. The highest BCUT2D eigenvalue weighted by Crippen LogP contribution is 2.38. The first kappa shape index (κ1) is 20.5. The number of aryl methyl sites for hydroxylation is 4. The average molecular weight is 424 g/mol. The van der Waals surface area contributed by atoms with Gasteiger partial charge < -0.3 is 15.0 Å². The fraction of sp³-hybridized carbons (Fsp3) is 0.348. The lowest BCUT2D eigenvalue weighted by atomic mass is 10.0. The van der Waals surface area contributed by atoms with Gasteiger partial charge in [0.05, 0.1) is 18.9 Å². The molecule has 1 N–H and O–H groups in total. The highest BCUT2D eigenvalue weighted by Gasteiger charge is 2.27. The molecule has 1 aromatic carbocycles. The summed E-state index contributed by atoms with van der Waals surface area (Å²) in [6.07, 6.45) is 0. The van der Waals surface area contributed by atoms with Crippen LogP contribution in [0.15, 0.2) is 24.3 Å². The van der Waals surface area contributed by atoms with Crippen LogP contribution in [0.2, 0.25) is 0 Å². The topological polar surface area (TPSA) is 71.5 Å². The first-order valence-corrected chi connectivity index (χ1v) is 10.8. The maximum atomic E-state index is 13.3. The van der Waals surface area contributed by atoms with Gasteiger partial charge in [0.1, 0.15) is 9.71 Å². The number of amides is 2. The van der Waals surface area contributed by atoms with Gasteiger partial charge in [-0.05, 0) is 51.0 Å². The van der Waals surface area contributed by atoms with E-state index < -0.39 is 0 Å². The Hall–Kier alpha value is -2.77.